The number of nitro benzene ring substituents is 1. The van der Waals surface area contributed by atoms with E-state index in [1.54, 1.807) is 18.2 Å². The number of hydrogen-bond donors (Lipinski definition) is 1. The number of benzene rings is 2. The first kappa shape index (κ1) is 19.5. The van der Waals surface area contributed by atoms with Gasteiger partial charge in [-0.25, -0.2) is 4.79 Å². The van der Waals surface area contributed by atoms with Gasteiger partial charge in [-0.1, -0.05) is 31.2 Å². The number of amides is 1. The summed E-state index contributed by atoms with van der Waals surface area (Å²) in [6.45, 7) is 3.38. The Morgan fingerprint density at radius 2 is 1.85 bits per heavy atom. The second-order valence-corrected chi connectivity index (χ2v) is 6.55. The molecule has 0 radical (unpaired) electrons. The highest BCUT2D eigenvalue weighted by molar-refractivity contribution is 7.99. The van der Waals surface area contributed by atoms with Crippen molar-refractivity contribution in [2.75, 3.05) is 11.1 Å². The lowest BCUT2D eigenvalue weighted by atomic mass is 10.2. The van der Waals surface area contributed by atoms with Crippen molar-refractivity contribution < 1.29 is 19.2 Å². The molecule has 136 valence electrons. The van der Waals surface area contributed by atoms with E-state index in [0.29, 0.717) is 5.56 Å². The zero-order valence-electron chi connectivity index (χ0n) is 14.3. The van der Waals surface area contributed by atoms with Gasteiger partial charge in [-0.05, 0) is 30.9 Å². The second-order valence-electron chi connectivity index (χ2n) is 5.24. The quantitative estimate of drug-likeness (QED) is 0.342. The number of carbonyl (C=O) groups excluding carboxylic acids is 2. The van der Waals surface area contributed by atoms with Crippen LogP contribution in [-0.2, 0) is 9.53 Å². The molecule has 1 N–H and O–H groups in total. The van der Waals surface area contributed by atoms with Crippen LogP contribution in [0.4, 0.5) is 11.4 Å². The smallest absolute Gasteiger partial charge is 0.340 e. The molecule has 0 fully saturated rings. The van der Waals surface area contributed by atoms with Crippen molar-refractivity contribution in [2.24, 2.45) is 0 Å². The summed E-state index contributed by atoms with van der Waals surface area (Å²) in [5.74, 6) is -0.474. The summed E-state index contributed by atoms with van der Waals surface area (Å²) in [6.07, 6.45) is -1.11. The third-order valence-electron chi connectivity index (χ3n) is 3.42. The molecule has 0 unspecified atom stereocenters. The highest BCUT2D eigenvalue weighted by Gasteiger charge is 2.23. The fourth-order valence-electron chi connectivity index (χ4n) is 2.17. The van der Waals surface area contributed by atoms with Crippen LogP contribution in [0.2, 0.25) is 0 Å². The molecule has 0 aromatic heterocycles. The fourth-order valence-corrected chi connectivity index (χ4v) is 2.96. The molecule has 0 aliphatic carbocycles. The lowest BCUT2D eigenvalue weighted by Crippen LogP contribution is -2.30. The molecule has 0 saturated heterocycles. The van der Waals surface area contributed by atoms with Crippen LogP contribution in [-0.4, -0.2) is 28.7 Å². The van der Waals surface area contributed by atoms with Gasteiger partial charge in [0.1, 0.15) is 5.69 Å². The topological polar surface area (TPSA) is 98.5 Å². The predicted molar refractivity (Wildman–Crippen MR) is 99.4 cm³/mol. The van der Waals surface area contributed by atoms with Gasteiger partial charge in [-0.15, -0.1) is 11.8 Å². The molecule has 2 aromatic rings. The molecule has 8 heteroatoms. The Morgan fingerprint density at radius 3 is 2.54 bits per heavy atom. The summed E-state index contributed by atoms with van der Waals surface area (Å²) in [5.41, 5.74) is 0.195. The third-order valence-corrected chi connectivity index (χ3v) is 4.37. The van der Waals surface area contributed by atoms with Crippen molar-refractivity contribution in [3.05, 3.63) is 64.2 Å². The molecule has 7 nitrogen and oxygen atoms in total. The number of anilines is 1. The van der Waals surface area contributed by atoms with Crippen LogP contribution in [0.1, 0.15) is 24.2 Å². The Kier molecular flexibility index (Phi) is 6.74. The molecule has 26 heavy (non-hydrogen) atoms. The summed E-state index contributed by atoms with van der Waals surface area (Å²) in [4.78, 5) is 35.8. The number of nitro groups is 1. The molecule has 0 saturated carbocycles. The number of esters is 1. The van der Waals surface area contributed by atoms with Gasteiger partial charge in [0.25, 0.3) is 11.6 Å². The van der Waals surface area contributed by atoms with Gasteiger partial charge >= 0.3 is 5.97 Å². The molecule has 0 bridgehead atoms. The molecule has 1 amide bonds. The Morgan fingerprint density at radius 1 is 1.19 bits per heavy atom. The molecular formula is C18H18N2O5S. The highest BCUT2D eigenvalue weighted by Crippen LogP contribution is 2.25. The van der Waals surface area contributed by atoms with Crippen LogP contribution in [0.5, 0.6) is 0 Å². The molecule has 2 rings (SSSR count). The van der Waals surface area contributed by atoms with Crippen molar-refractivity contribution >= 4 is 35.0 Å². The van der Waals surface area contributed by atoms with E-state index in [1.807, 2.05) is 19.1 Å². The van der Waals surface area contributed by atoms with Gasteiger partial charge < -0.3 is 10.1 Å². The van der Waals surface area contributed by atoms with E-state index in [2.05, 4.69) is 5.32 Å². The van der Waals surface area contributed by atoms with E-state index in [4.69, 9.17) is 4.74 Å². The molecule has 0 heterocycles. The normalized spacial score (nSPS) is 11.5. The van der Waals surface area contributed by atoms with Gasteiger partial charge in [0.2, 0.25) is 0 Å². The van der Waals surface area contributed by atoms with Crippen LogP contribution in [0.3, 0.4) is 0 Å². The Bertz CT molecular complexity index is 825. The van der Waals surface area contributed by atoms with E-state index in [0.717, 1.165) is 10.6 Å². The second kappa shape index (κ2) is 9.00. The number of para-hydroxylation sites is 2. The average Bonchev–Trinajstić information content (AvgIpc) is 2.62. The van der Waals surface area contributed by atoms with E-state index >= 15 is 0 Å². The summed E-state index contributed by atoms with van der Waals surface area (Å²) in [5, 5.41) is 13.4. The minimum absolute atomic E-state index is 0.0485. The maximum absolute atomic E-state index is 12.4. The number of nitrogens with zero attached hydrogens (tertiary/aromatic N) is 1. The summed E-state index contributed by atoms with van der Waals surface area (Å²) in [7, 11) is 0. The largest absolute Gasteiger partial charge is 0.449 e. The molecule has 0 aliphatic heterocycles. The lowest BCUT2D eigenvalue weighted by molar-refractivity contribution is -0.383. The van der Waals surface area contributed by atoms with Crippen molar-refractivity contribution in [1.82, 2.24) is 0 Å². The van der Waals surface area contributed by atoms with Crippen LogP contribution < -0.4 is 5.32 Å². The Labute approximate surface area is 154 Å². The van der Waals surface area contributed by atoms with Crippen LogP contribution >= 0.6 is 11.8 Å². The van der Waals surface area contributed by atoms with Crippen molar-refractivity contribution in [2.45, 2.75) is 24.8 Å². The summed E-state index contributed by atoms with van der Waals surface area (Å²) >= 11 is 1.50. The maximum atomic E-state index is 12.4. The van der Waals surface area contributed by atoms with E-state index in [1.165, 1.54) is 36.9 Å². The molecule has 0 aliphatic rings. The minimum Gasteiger partial charge on any atom is -0.449 e. The van der Waals surface area contributed by atoms with Crippen LogP contribution in [0.25, 0.3) is 0 Å². The van der Waals surface area contributed by atoms with Crippen LogP contribution in [0.15, 0.2) is 53.4 Å². The van der Waals surface area contributed by atoms with Gasteiger partial charge in [0.05, 0.1) is 10.5 Å². The number of ether oxygens (including phenoxy) is 1. The molecular weight excluding hydrogens is 356 g/mol. The lowest BCUT2D eigenvalue weighted by Gasteiger charge is -2.15. The maximum Gasteiger partial charge on any atom is 0.340 e. The first-order valence-corrected chi connectivity index (χ1v) is 8.89. The molecule has 2 aromatic carbocycles. The minimum atomic E-state index is -1.11. The standard InChI is InChI=1S/C18H18N2O5S/c1-3-26-16-11-7-4-8-13(16)18(22)25-12(2)17(21)19-14-9-5-6-10-15(14)20(23)24/h4-12H,3H2,1-2H3,(H,19,21)/t12-/m0/s1. The summed E-state index contributed by atoms with van der Waals surface area (Å²) in [6, 6.07) is 12.7. The van der Waals surface area contributed by atoms with Gasteiger partial charge in [-0.2, -0.15) is 0 Å². The van der Waals surface area contributed by atoms with Crippen molar-refractivity contribution in [3.63, 3.8) is 0 Å². The first-order chi connectivity index (χ1) is 12.4. The SMILES string of the molecule is CCSc1ccccc1C(=O)O[C@@H](C)C(=O)Nc1ccccc1[N+](=O)[O-]. The zero-order chi connectivity index (χ0) is 19.1. The molecule has 0 spiro atoms. The van der Waals surface area contributed by atoms with Gasteiger partial charge in [0, 0.05) is 11.0 Å². The van der Waals surface area contributed by atoms with E-state index in [9.17, 15) is 19.7 Å². The number of hydrogen-bond acceptors (Lipinski definition) is 6. The van der Waals surface area contributed by atoms with E-state index < -0.39 is 22.9 Å². The Balaban J connectivity index is 2.08. The number of nitrogens with one attached hydrogen (secondary N) is 1. The predicted octanol–water partition coefficient (Wildman–Crippen LogP) is 3.89. The zero-order valence-corrected chi connectivity index (χ0v) is 15.1. The first-order valence-electron chi connectivity index (χ1n) is 7.91. The highest BCUT2D eigenvalue weighted by atomic mass is 32.2. The van der Waals surface area contributed by atoms with Crippen molar-refractivity contribution in [3.8, 4) is 0 Å². The number of rotatable bonds is 7. The monoisotopic (exact) mass is 374 g/mol. The van der Waals surface area contributed by atoms with Crippen LogP contribution in [0, 0.1) is 10.1 Å². The number of carbonyl (C=O) groups is 2. The molecule has 1 atom stereocenters. The number of thioether (sulfide) groups is 1. The van der Waals surface area contributed by atoms with Crippen molar-refractivity contribution in [1.29, 1.82) is 0 Å². The summed E-state index contributed by atoms with van der Waals surface area (Å²) < 4.78 is 5.22. The fraction of sp³-hybridized carbons (Fsp3) is 0.222. The average molecular weight is 374 g/mol. The third kappa shape index (κ3) is 4.82. The van der Waals surface area contributed by atoms with Gasteiger partial charge in [0.15, 0.2) is 6.10 Å². The Hall–Kier alpha value is -2.87. The van der Waals surface area contributed by atoms with Gasteiger partial charge in [-0.3, -0.25) is 14.9 Å². The van der Waals surface area contributed by atoms with E-state index in [-0.39, 0.29) is 11.4 Å².